The smallest absolute Gasteiger partial charge is 0.123 e. The molecule has 1 atom stereocenters. The molecule has 0 aromatic carbocycles. The molecule has 2 rings (SSSR count). The summed E-state index contributed by atoms with van der Waals surface area (Å²) in [5, 5.41) is 4.60. The van der Waals surface area contributed by atoms with Gasteiger partial charge >= 0.3 is 0 Å². The summed E-state index contributed by atoms with van der Waals surface area (Å²) in [6.07, 6.45) is 7.92. The van der Waals surface area contributed by atoms with Crippen molar-refractivity contribution < 1.29 is 0 Å². The molecule has 2 heterocycles. The van der Waals surface area contributed by atoms with Crippen LogP contribution in [0.3, 0.4) is 0 Å². The Morgan fingerprint density at radius 2 is 2.16 bits per heavy atom. The molecule has 1 N–H and O–H groups in total. The summed E-state index contributed by atoms with van der Waals surface area (Å²) in [5.74, 6) is 0. The van der Waals surface area contributed by atoms with Crippen molar-refractivity contribution in [2.45, 2.75) is 39.7 Å². The van der Waals surface area contributed by atoms with Crippen molar-refractivity contribution in [3.63, 3.8) is 0 Å². The van der Waals surface area contributed by atoms with Gasteiger partial charge in [-0.1, -0.05) is 13.8 Å². The topological polar surface area (TPSA) is 37.8 Å². The Morgan fingerprint density at radius 1 is 1.32 bits per heavy atom. The van der Waals surface area contributed by atoms with Gasteiger partial charge in [0.25, 0.3) is 0 Å². The SMILES string of the molecule is CCCNC(C)c1cnc(-c2ccncc2CC)s1. The van der Waals surface area contributed by atoms with Gasteiger partial charge in [-0.25, -0.2) is 4.98 Å². The maximum atomic E-state index is 4.57. The summed E-state index contributed by atoms with van der Waals surface area (Å²) in [6, 6.07) is 2.43. The van der Waals surface area contributed by atoms with Crippen LogP contribution >= 0.6 is 11.3 Å². The molecule has 0 aliphatic carbocycles. The monoisotopic (exact) mass is 275 g/mol. The Morgan fingerprint density at radius 3 is 2.89 bits per heavy atom. The van der Waals surface area contributed by atoms with E-state index in [1.165, 1.54) is 16.0 Å². The van der Waals surface area contributed by atoms with Gasteiger partial charge in [-0.3, -0.25) is 4.98 Å². The molecule has 0 amide bonds. The number of hydrogen-bond donors (Lipinski definition) is 1. The Bertz CT molecular complexity index is 522. The first kappa shape index (κ1) is 14.2. The number of nitrogens with one attached hydrogen (secondary N) is 1. The summed E-state index contributed by atoms with van der Waals surface area (Å²) in [4.78, 5) is 10.1. The molecule has 0 saturated heterocycles. The lowest BCUT2D eigenvalue weighted by molar-refractivity contribution is 0.577. The number of nitrogens with zero attached hydrogens (tertiary/aromatic N) is 2. The average Bonchev–Trinajstić information content (AvgIpc) is 2.94. The van der Waals surface area contributed by atoms with E-state index < -0.39 is 0 Å². The Hall–Kier alpha value is -1.26. The molecule has 0 aliphatic rings. The van der Waals surface area contributed by atoms with Gasteiger partial charge in [0.2, 0.25) is 0 Å². The highest BCUT2D eigenvalue weighted by molar-refractivity contribution is 7.15. The number of aryl methyl sites for hydroxylation is 1. The van der Waals surface area contributed by atoms with Gasteiger partial charge in [-0.15, -0.1) is 11.3 Å². The molecule has 3 nitrogen and oxygen atoms in total. The molecule has 102 valence electrons. The van der Waals surface area contributed by atoms with Crippen molar-refractivity contribution in [2.24, 2.45) is 0 Å². The van der Waals surface area contributed by atoms with Crippen LogP contribution in [0.15, 0.2) is 24.7 Å². The first-order chi connectivity index (χ1) is 9.26. The molecule has 0 fully saturated rings. The third-order valence-corrected chi connectivity index (χ3v) is 4.38. The van der Waals surface area contributed by atoms with E-state index in [4.69, 9.17) is 0 Å². The zero-order valence-electron chi connectivity index (χ0n) is 11.8. The fourth-order valence-electron chi connectivity index (χ4n) is 1.99. The number of rotatable bonds is 6. The Balaban J connectivity index is 2.20. The van der Waals surface area contributed by atoms with Crippen LogP contribution in [0.1, 0.15) is 43.7 Å². The first-order valence-electron chi connectivity index (χ1n) is 6.88. The number of pyridine rings is 1. The lowest BCUT2D eigenvalue weighted by Gasteiger charge is -2.09. The Kier molecular flexibility index (Phi) is 5.05. The average molecular weight is 275 g/mol. The Labute approximate surface area is 119 Å². The third-order valence-electron chi connectivity index (χ3n) is 3.17. The number of aromatic nitrogens is 2. The first-order valence-corrected chi connectivity index (χ1v) is 7.70. The van der Waals surface area contributed by atoms with E-state index in [-0.39, 0.29) is 0 Å². The van der Waals surface area contributed by atoms with Gasteiger partial charge in [0.05, 0.1) is 0 Å². The number of thiazole rings is 1. The van der Waals surface area contributed by atoms with Crippen molar-refractivity contribution in [2.75, 3.05) is 6.54 Å². The second-order valence-electron chi connectivity index (χ2n) is 4.63. The van der Waals surface area contributed by atoms with Gasteiger partial charge in [-0.05, 0) is 37.9 Å². The van der Waals surface area contributed by atoms with E-state index in [2.05, 4.69) is 42.1 Å². The zero-order valence-corrected chi connectivity index (χ0v) is 12.6. The second-order valence-corrected chi connectivity index (χ2v) is 5.69. The molecule has 0 aliphatic heterocycles. The van der Waals surface area contributed by atoms with Crippen LogP contribution in [-0.4, -0.2) is 16.5 Å². The van der Waals surface area contributed by atoms with Gasteiger partial charge in [-0.2, -0.15) is 0 Å². The highest BCUT2D eigenvalue weighted by Gasteiger charge is 2.12. The highest BCUT2D eigenvalue weighted by Crippen LogP contribution is 2.30. The van der Waals surface area contributed by atoms with E-state index in [9.17, 15) is 0 Å². The summed E-state index contributed by atoms with van der Waals surface area (Å²) < 4.78 is 0. The van der Waals surface area contributed by atoms with Crippen molar-refractivity contribution in [3.05, 3.63) is 35.1 Å². The largest absolute Gasteiger partial charge is 0.309 e. The minimum absolute atomic E-state index is 0.373. The van der Waals surface area contributed by atoms with Gasteiger partial charge in [0.1, 0.15) is 5.01 Å². The molecule has 0 saturated carbocycles. The summed E-state index contributed by atoms with van der Waals surface area (Å²) in [5.41, 5.74) is 2.48. The standard InChI is InChI=1S/C15H21N3S/c1-4-7-17-11(3)14-10-18-15(19-14)13-6-8-16-9-12(13)5-2/h6,8-11,17H,4-5,7H2,1-3H3. The van der Waals surface area contributed by atoms with Gasteiger partial charge in [0.15, 0.2) is 0 Å². The molecule has 0 bridgehead atoms. The van der Waals surface area contributed by atoms with Crippen molar-refractivity contribution in [3.8, 4) is 10.6 Å². The van der Waals surface area contributed by atoms with E-state index in [1.807, 2.05) is 18.6 Å². The normalized spacial score (nSPS) is 12.6. The van der Waals surface area contributed by atoms with E-state index >= 15 is 0 Å². The van der Waals surface area contributed by atoms with Crippen molar-refractivity contribution >= 4 is 11.3 Å². The van der Waals surface area contributed by atoms with E-state index in [0.717, 1.165) is 24.4 Å². The van der Waals surface area contributed by atoms with Crippen LogP contribution in [0, 0.1) is 0 Å². The summed E-state index contributed by atoms with van der Waals surface area (Å²) >= 11 is 1.77. The van der Waals surface area contributed by atoms with Crippen molar-refractivity contribution in [1.29, 1.82) is 0 Å². The maximum Gasteiger partial charge on any atom is 0.123 e. The fourth-order valence-corrected chi connectivity index (χ4v) is 2.99. The van der Waals surface area contributed by atoms with Crippen LogP contribution < -0.4 is 5.32 Å². The van der Waals surface area contributed by atoms with Crippen LogP contribution in [0.25, 0.3) is 10.6 Å². The molecule has 19 heavy (non-hydrogen) atoms. The van der Waals surface area contributed by atoms with Crippen LogP contribution in [0.4, 0.5) is 0 Å². The van der Waals surface area contributed by atoms with Gasteiger partial charge < -0.3 is 5.32 Å². The van der Waals surface area contributed by atoms with E-state index in [0.29, 0.717) is 6.04 Å². The predicted octanol–water partition coefficient (Wildman–Crippen LogP) is 3.83. The fraction of sp³-hybridized carbons (Fsp3) is 0.467. The van der Waals surface area contributed by atoms with Gasteiger partial charge in [0, 0.05) is 35.1 Å². The molecule has 2 aromatic rings. The minimum Gasteiger partial charge on any atom is -0.309 e. The second kappa shape index (κ2) is 6.78. The van der Waals surface area contributed by atoms with Crippen molar-refractivity contribution in [1.82, 2.24) is 15.3 Å². The minimum atomic E-state index is 0.373. The maximum absolute atomic E-state index is 4.57. The highest BCUT2D eigenvalue weighted by atomic mass is 32.1. The van der Waals surface area contributed by atoms with Crippen LogP contribution in [-0.2, 0) is 6.42 Å². The molecule has 1 unspecified atom stereocenters. The lowest BCUT2D eigenvalue weighted by Crippen LogP contribution is -2.18. The molecular weight excluding hydrogens is 254 g/mol. The summed E-state index contributed by atoms with van der Waals surface area (Å²) in [6.45, 7) is 7.58. The zero-order chi connectivity index (χ0) is 13.7. The molecule has 0 spiro atoms. The molecule has 4 heteroatoms. The van der Waals surface area contributed by atoms with Crippen LogP contribution in [0.2, 0.25) is 0 Å². The molecular formula is C15H21N3S. The van der Waals surface area contributed by atoms with Crippen LogP contribution in [0.5, 0.6) is 0 Å². The lowest BCUT2D eigenvalue weighted by atomic mass is 10.1. The van der Waals surface area contributed by atoms with E-state index in [1.54, 1.807) is 11.3 Å². The number of hydrogen-bond acceptors (Lipinski definition) is 4. The summed E-state index contributed by atoms with van der Waals surface area (Å²) in [7, 11) is 0. The quantitative estimate of drug-likeness (QED) is 0.870. The molecule has 0 radical (unpaired) electrons. The molecule has 2 aromatic heterocycles. The predicted molar refractivity (Wildman–Crippen MR) is 81.4 cm³/mol. The third kappa shape index (κ3) is 3.39.